The molecule has 0 atom stereocenters. The Morgan fingerprint density at radius 2 is 1.21 bits per heavy atom. The van der Waals surface area contributed by atoms with E-state index >= 15 is 8.78 Å². The highest BCUT2D eigenvalue weighted by Gasteiger charge is 2.28. The maximum absolute atomic E-state index is 15.6. The summed E-state index contributed by atoms with van der Waals surface area (Å²) in [5, 5.41) is 3.17. The fraction of sp³-hybridized carbons (Fsp3) is 0.237. The average Bonchev–Trinajstić information content (AvgIpc) is 3.31. The molecule has 0 unspecified atom stereocenters. The Hall–Kier alpha value is -4.09. The van der Waals surface area contributed by atoms with E-state index in [0.29, 0.717) is 22.3 Å². The van der Waals surface area contributed by atoms with Gasteiger partial charge >= 0.3 is 0 Å². The van der Waals surface area contributed by atoms with E-state index in [1.54, 1.807) is 10.6 Å². The van der Waals surface area contributed by atoms with Gasteiger partial charge in [-0.2, -0.15) is 4.57 Å². The van der Waals surface area contributed by atoms with Crippen LogP contribution in [0.3, 0.4) is 0 Å². The first-order valence-electron chi connectivity index (χ1n) is 14.8. The van der Waals surface area contributed by atoms with Gasteiger partial charge in [-0.1, -0.05) is 106 Å². The summed E-state index contributed by atoms with van der Waals surface area (Å²) in [5.74, 6) is -0.576. The lowest BCUT2D eigenvalue weighted by Gasteiger charge is -2.19. The van der Waals surface area contributed by atoms with Crippen LogP contribution in [0.4, 0.5) is 8.78 Å². The number of hydrogen-bond donors (Lipinski definition) is 0. The molecule has 2 aromatic heterocycles. The van der Waals surface area contributed by atoms with Crippen molar-refractivity contribution in [3.63, 3.8) is 0 Å². The van der Waals surface area contributed by atoms with Crippen molar-refractivity contribution in [2.24, 2.45) is 7.05 Å². The largest absolute Gasteiger partial charge is 0.454 e. The van der Waals surface area contributed by atoms with Crippen molar-refractivity contribution >= 4 is 35.2 Å². The molecule has 0 bridgehead atoms. The lowest BCUT2D eigenvalue weighted by molar-refractivity contribution is -0.662. The van der Waals surface area contributed by atoms with Crippen molar-refractivity contribution < 1.29 is 17.8 Å². The topological polar surface area (TPSA) is 17.0 Å². The van der Waals surface area contributed by atoms with Gasteiger partial charge in [-0.05, 0) is 46.7 Å². The van der Waals surface area contributed by atoms with Gasteiger partial charge in [0.25, 0.3) is 0 Å². The maximum Gasteiger partial charge on any atom is 0.216 e. The molecule has 0 radical (unpaired) electrons. The van der Waals surface area contributed by atoms with E-state index in [9.17, 15) is 0 Å². The second-order valence-electron chi connectivity index (χ2n) is 13.7. The van der Waals surface area contributed by atoms with Gasteiger partial charge in [0.2, 0.25) is 11.9 Å². The second kappa shape index (κ2) is 10.3. The molecule has 0 N–H and O–H groups in total. The van der Waals surface area contributed by atoms with Crippen LogP contribution >= 0.6 is 0 Å². The zero-order chi connectivity index (χ0) is 30.8. The van der Waals surface area contributed by atoms with Crippen LogP contribution in [0, 0.1) is 18.6 Å². The summed E-state index contributed by atoms with van der Waals surface area (Å²) in [5.41, 5.74) is 7.58. The number of nitrogens with zero attached hydrogens (tertiary/aromatic N) is 1. The quantitative estimate of drug-likeness (QED) is 0.148. The third kappa shape index (κ3) is 5.10. The van der Waals surface area contributed by atoms with Crippen LogP contribution < -0.4 is 9.75 Å². The molecule has 2 nitrogen and oxygen atoms in total. The summed E-state index contributed by atoms with van der Waals surface area (Å²) in [7, 11) is 0.471. The highest BCUT2D eigenvalue weighted by molar-refractivity contribution is 6.88. The Labute approximate surface area is 253 Å². The molecule has 6 aromatic rings. The monoisotopic (exact) mass is 590 g/mol. The molecule has 0 amide bonds. The maximum atomic E-state index is 15.6. The summed E-state index contributed by atoms with van der Waals surface area (Å²) < 4.78 is 39.0. The van der Waals surface area contributed by atoms with Crippen LogP contribution in [0.5, 0.6) is 0 Å². The summed E-state index contributed by atoms with van der Waals surface area (Å²) in [6, 6.07) is 26.1. The SMILES string of the molecule is Cc1ccc2c(oc3c(-c4ccc(-c5ccc([Si](C)(C)C)cc5)cc4)c(F)ccc32)c1-c1cc(C(C)(C)C)c(F)c[n+]1C. The number of hydrogen-bond acceptors (Lipinski definition) is 1. The van der Waals surface area contributed by atoms with E-state index < -0.39 is 8.07 Å². The molecule has 4 aromatic carbocycles. The van der Waals surface area contributed by atoms with Crippen LogP contribution in [0.15, 0.2) is 89.5 Å². The van der Waals surface area contributed by atoms with Crippen LogP contribution in [0.2, 0.25) is 19.6 Å². The summed E-state index contributed by atoms with van der Waals surface area (Å²) in [6.45, 7) is 15.1. The molecule has 0 fully saturated rings. The van der Waals surface area contributed by atoms with Gasteiger partial charge in [-0.3, -0.25) is 0 Å². The lowest BCUT2D eigenvalue weighted by atomic mass is 9.86. The summed E-state index contributed by atoms with van der Waals surface area (Å²) in [4.78, 5) is 0. The Bertz CT molecular complexity index is 2010. The van der Waals surface area contributed by atoms with Crippen molar-refractivity contribution in [2.75, 3.05) is 0 Å². The van der Waals surface area contributed by atoms with Crippen LogP contribution in [-0.2, 0) is 12.5 Å². The molecule has 0 aliphatic heterocycles. The highest BCUT2D eigenvalue weighted by atomic mass is 28.3. The van der Waals surface area contributed by atoms with Gasteiger partial charge in [0.05, 0.1) is 19.2 Å². The highest BCUT2D eigenvalue weighted by Crippen LogP contribution is 2.42. The van der Waals surface area contributed by atoms with Crippen LogP contribution in [0.1, 0.15) is 31.9 Å². The van der Waals surface area contributed by atoms with Crippen molar-refractivity contribution in [1.29, 1.82) is 0 Å². The van der Waals surface area contributed by atoms with Crippen molar-refractivity contribution in [3.8, 4) is 33.5 Å². The zero-order valence-corrected chi connectivity index (χ0v) is 27.2. The second-order valence-corrected chi connectivity index (χ2v) is 18.8. The number of pyridine rings is 1. The third-order valence-electron chi connectivity index (χ3n) is 8.51. The normalized spacial score (nSPS) is 12.4. The minimum atomic E-state index is -1.37. The smallest absolute Gasteiger partial charge is 0.216 e. The Balaban J connectivity index is 1.50. The fourth-order valence-electron chi connectivity index (χ4n) is 6.00. The van der Waals surface area contributed by atoms with E-state index in [1.165, 1.54) is 17.4 Å². The molecule has 0 saturated heterocycles. The van der Waals surface area contributed by atoms with E-state index in [4.69, 9.17) is 4.42 Å². The van der Waals surface area contributed by atoms with Gasteiger partial charge in [0.15, 0.2) is 5.82 Å². The van der Waals surface area contributed by atoms with Gasteiger partial charge in [0, 0.05) is 22.4 Å². The number of rotatable bonds is 4. The van der Waals surface area contributed by atoms with E-state index in [0.717, 1.165) is 44.3 Å². The minimum Gasteiger partial charge on any atom is -0.454 e. The molecule has 0 aliphatic carbocycles. The summed E-state index contributed by atoms with van der Waals surface area (Å²) >= 11 is 0. The first-order chi connectivity index (χ1) is 20.2. The number of benzene rings is 4. The number of furan rings is 1. The lowest BCUT2D eigenvalue weighted by Crippen LogP contribution is -2.37. The fourth-order valence-corrected chi connectivity index (χ4v) is 7.16. The number of aromatic nitrogens is 1. The summed E-state index contributed by atoms with van der Waals surface area (Å²) in [6.07, 6.45) is 1.53. The van der Waals surface area contributed by atoms with Crippen molar-refractivity contribution in [1.82, 2.24) is 0 Å². The van der Waals surface area contributed by atoms with Crippen molar-refractivity contribution in [2.45, 2.75) is 52.8 Å². The van der Waals surface area contributed by atoms with E-state index in [2.05, 4.69) is 50.0 Å². The Kier molecular flexibility index (Phi) is 6.93. The van der Waals surface area contributed by atoms with Gasteiger partial charge < -0.3 is 4.42 Å². The third-order valence-corrected chi connectivity index (χ3v) is 10.6. The minimum absolute atomic E-state index is 0.243. The molecule has 0 aliphatic rings. The predicted octanol–water partition coefficient (Wildman–Crippen LogP) is 9.84. The average molecular weight is 591 g/mol. The van der Waals surface area contributed by atoms with Crippen molar-refractivity contribution in [3.05, 3.63) is 108 Å². The molecule has 6 rings (SSSR count). The number of fused-ring (bicyclic) bond motifs is 3. The van der Waals surface area contributed by atoms with Crippen LogP contribution in [-0.4, -0.2) is 8.07 Å². The molecule has 2 heterocycles. The van der Waals surface area contributed by atoms with Gasteiger partial charge in [0.1, 0.15) is 24.0 Å². The Morgan fingerprint density at radius 1 is 0.674 bits per heavy atom. The standard InChI is InChI=1S/C38H38F2NOSi/c1-23-9-18-28-29-19-20-31(39)35(26-12-10-24(11-13-26)25-14-16-27(17-15-25)43(6,7)8)37(29)42-36(28)34(23)33-21-30(38(2,3)4)32(40)22-41(33)5/h9-22H,1-8H3/q+1. The van der Waals surface area contributed by atoms with Crippen LogP contribution in [0.25, 0.3) is 55.4 Å². The van der Waals surface area contributed by atoms with Gasteiger partial charge in [-0.15, -0.1) is 0 Å². The molecule has 0 spiro atoms. The Morgan fingerprint density at radius 3 is 1.79 bits per heavy atom. The predicted molar refractivity (Wildman–Crippen MR) is 178 cm³/mol. The van der Waals surface area contributed by atoms with Gasteiger partial charge in [-0.25, -0.2) is 8.78 Å². The molecular weight excluding hydrogens is 553 g/mol. The zero-order valence-electron chi connectivity index (χ0n) is 26.2. The number of aryl methyl sites for hydroxylation is 2. The molecule has 5 heteroatoms. The van der Waals surface area contributed by atoms with E-state index in [1.807, 2.05) is 71.1 Å². The van der Waals surface area contributed by atoms with E-state index in [-0.39, 0.29) is 17.0 Å². The number of halogens is 2. The first kappa shape index (κ1) is 29.0. The molecule has 0 saturated carbocycles. The molecule has 218 valence electrons. The molecular formula is C38H38F2NOSi+. The molecule has 43 heavy (non-hydrogen) atoms. The first-order valence-corrected chi connectivity index (χ1v) is 18.3.